The molecule has 3 N–H and O–H groups in total. The maximum Gasteiger partial charge on any atom is 0.161 e. The van der Waals surface area contributed by atoms with Crippen LogP contribution in [0.4, 0.5) is 11.5 Å². The van der Waals surface area contributed by atoms with Gasteiger partial charge in [-0.1, -0.05) is 6.07 Å². The van der Waals surface area contributed by atoms with Gasteiger partial charge in [-0.3, -0.25) is 4.98 Å². The summed E-state index contributed by atoms with van der Waals surface area (Å²) >= 11 is 0. The molecule has 1 aromatic heterocycles. The lowest BCUT2D eigenvalue weighted by Crippen LogP contribution is -2.03. The minimum atomic E-state index is 0.600. The summed E-state index contributed by atoms with van der Waals surface area (Å²) in [7, 11) is 3.24. The van der Waals surface area contributed by atoms with E-state index in [1.807, 2.05) is 36.4 Å². The number of hydrogen-bond donors (Lipinski definition) is 2. The number of rotatable bonds is 5. The van der Waals surface area contributed by atoms with E-state index in [4.69, 9.17) is 15.2 Å². The molecule has 2 aromatic carbocycles. The van der Waals surface area contributed by atoms with Gasteiger partial charge >= 0.3 is 0 Å². The molecule has 0 saturated carbocycles. The SMILES string of the molecule is COc1ccc(CNc2cnc3ccc(N)cc3n2)cc1OC. The minimum Gasteiger partial charge on any atom is -0.493 e. The Morgan fingerprint density at radius 2 is 1.83 bits per heavy atom. The molecule has 0 spiro atoms. The van der Waals surface area contributed by atoms with E-state index >= 15 is 0 Å². The Hall–Kier alpha value is -3.02. The number of fused-ring (bicyclic) bond motifs is 1. The maximum absolute atomic E-state index is 5.78. The summed E-state index contributed by atoms with van der Waals surface area (Å²) in [6, 6.07) is 11.3. The normalized spacial score (nSPS) is 10.5. The van der Waals surface area contributed by atoms with E-state index in [0.717, 1.165) is 16.6 Å². The molecular weight excluding hydrogens is 292 g/mol. The number of anilines is 2. The highest BCUT2D eigenvalue weighted by Crippen LogP contribution is 2.27. The molecule has 0 unspecified atom stereocenters. The Bertz CT molecular complexity index is 836. The molecule has 3 aromatic rings. The Labute approximate surface area is 134 Å². The van der Waals surface area contributed by atoms with Gasteiger partial charge in [0.05, 0.1) is 31.4 Å². The van der Waals surface area contributed by atoms with E-state index in [2.05, 4.69) is 15.3 Å². The molecule has 0 saturated heterocycles. The molecule has 118 valence electrons. The number of methoxy groups -OCH3 is 2. The van der Waals surface area contributed by atoms with Crippen LogP contribution in [0.15, 0.2) is 42.6 Å². The first-order valence-corrected chi connectivity index (χ1v) is 7.16. The van der Waals surface area contributed by atoms with Crippen molar-refractivity contribution in [3.05, 3.63) is 48.2 Å². The predicted molar refractivity (Wildman–Crippen MR) is 90.8 cm³/mol. The van der Waals surface area contributed by atoms with Gasteiger partial charge < -0.3 is 20.5 Å². The first-order chi connectivity index (χ1) is 11.2. The summed E-state index contributed by atoms with van der Waals surface area (Å²) in [5.74, 6) is 2.10. The van der Waals surface area contributed by atoms with Crippen LogP contribution < -0.4 is 20.5 Å². The molecule has 0 radical (unpaired) electrons. The van der Waals surface area contributed by atoms with E-state index in [1.165, 1.54) is 0 Å². The van der Waals surface area contributed by atoms with Gasteiger partial charge in [0.1, 0.15) is 5.82 Å². The maximum atomic E-state index is 5.78. The van der Waals surface area contributed by atoms with Gasteiger partial charge in [-0.05, 0) is 35.9 Å². The fourth-order valence-corrected chi connectivity index (χ4v) is 2.30. The summed E-state index contributed by atoms with van der Waals surface area (Å²) in [4.78, 5) is 8.89. The van der Waals surface area contributed by atoms with Crippen LogP contribution in [0.1, 0.15) is 5.56 Å². The molecular formula is C17H18N4O2. The Kier molecular flexibility index (Phi) is 4.14. The van der Waals surface area contributed by atoms with Crippen LogP contribution in [0, 0.1) is 0 Å². The number of hydrogen-bond acceptors (Lipinski definition) is 6. The lowest BCUT2D eigenvalue weighted by molar-refractivity contribution is 0.354. The quantitative estimate of drug-likeness (QED) is 0.705. The molecule has 0 amide bonds. The average molecular weight is 310 g/mol. The van der Waals surface area contributed by atoms with Crippen LogP contribution in [0.2, 0.25) is 0 Å². The first kappa shape index (κ1) is 14.9. The molecule has 0 aliphatic heterocycles. The number of nitrogen functional groups attached to an aromatic ring is 1. The lowest BCUT2D eigenvalue weighted by Gasteiger charge is -2.11. The second-order valence-electron chi connectivity index (χ2n) is 5.05. The van der Waals surface area contributed by atoms with E-state index in [0.29, 0.717) is 29.5 Å². The molecule has 1 heterocycles. The molecule has 3 rings (SSSR count). The van der Waals surface area contributed by atoms with Crippen molar-refractivity contribution in [3.8, 4) is 11.5 Å². The molecule has 6 nitrogen and oxygen atoms in total. The molecule has 23 heavy (non-hydrogen) atoms. The molecule has 6 heteroatoms. The summed E-state index contributed by atoms with van der Waals surface area (Å²) < 4.78 is 10.5. The average Bonchev–Trinajstić information content (AvgIpc) is 2.59. The van der Waals surface area contributed by atoms with E-state index in [9.17, 15) is 0 Å². The third-order valence-electron chi connectivity index (χ3n) is 3.49. The summed E-state index contributed by atoms with van der Waals surface area (Å²) in [6.07, 6.45) is 1.71. The summed E-state index contributed by atoms with van der Waals surface area (Å²) in [6.45, 7) is 0.600. The second-order valence-corrected chi connectivity index (χ2v) is 5.05. The van der Waals surface area contributed by atoms with Gasteiger partial charge in [0.2, 0.25) is 0 Å². The number of nitrogens with two attached hydrogens (primary N) is 1. The van der Waals surface area contributed by atoms with Gasteiger partial charge in [0.25, 0.3) is 0 Å². The zero-order valence-corrected chi connectivity index (χ0v) is 13.0. The first-order valence-electron chi connectivity index (χ1n) is 7.16. The van der Waals surface area contributed by atoms with Crippen molar-refractivity contribution < 1.29 is 9.47 Å². The highest BCUT2D eigenvalue weighted by Gasteiger charge is 2.05. The van der Waals surface area contributed by atoms with Crippen molar-refractivity contribution in [2.24, 2.45) is 0 Å². The third-order valence-corrected chi connectivity index (χ3v) is 3.49. The highest BCUT2D eigenvalue weighted by molar-refractivity contribution is 5.79. The number of aromatic nitrogens is 2. The van der Waals surface area contributed by atoms with Crippen molar-refractivity contribution >= 4 is 22.5 Å². The Balaban J connectivity index is 1.77. The fraction of sp³-hybridized carbons (Fsp3) is 0.176. The third kappa shape index (κ3) is 3.26. The van der Waals surface area contributed by atoms with Gasteiger partial charge in [-0.2, -0.15) is 0 Å². The van der Waals surface area contributed by atoms with Gasteiger partial charge in [-0.15, -0.1) is 0 Å². The molecule has 0 aliphatic carbocycles. The smallest absolute Gasteiger partial charge is 0.161 e. The summed E-state index contributed by atoms with van der Waals surface area (Å²) in [5.41, 5.74) is 9.09. The van der Waals surface area contributed by atoms with Crippen molar-refractivity contribution in [2.45, 2.75) is 6.54 Å². The second kappa shape index (κ2) is 6.39. The zero-order valence-electron chi connectivity index (χ0n) is 13.0. The van der Waals surface area contributed by atoms with Gasteiger partial charge in [0, 0.05) is 12.2 Å². The van der Waals surface area contributed by atoms with E-state index in [-0.39, 0.29) is 0 Å². The zero-order chi connectivity index (χ0) is 16.2. The van der Waals surface area contributed by atoms with Crippen molar-refractivity contribution in [1.82, 2.24) is 9.97 Å². The number of benzene rings is 2. The van der Waals surface area contributed by atoms with Crippen LogP contribution in [-0.2, 0) is 6.54 Å². The predicted octanol–water partition coefficient (Wildman–Crippen LogP) is 2.84. The van der Waals surface area contributed by atoms with Crippen molar-refractivity contribution in [1.29, 1.82) is 0 Å². The van der Waals surface area contributed by atoms with Crippen molar-refractivity contribution in [2.75, 3.05) is 25.3 Å². The Morgan fingerprint density at radius 1 is 1.00 bits per heavy atom. The highest BCUT2D eigenvalue weighted by atomic mass is 16.5. The molecule has 0 aliphatic rings. The number of ether oxygens (including phenoxy) is 2. The largest absolute Gasteiger partial charge is 0.493 e. The summed E-state index contributed by atoms with van der Waals surface area (Å²) in [5, 5.41) is 3.25. The van der Waals surface area contributed by atoms with E-state index in [1.54, 1.807) is 20.4 Å². The van der Waals surface area contributed by atoms with E-state index < -0.39 is 0 Å². The van der Waals surface area contributed by atoms with Crippen LogP contribution >= 0.6 is 0 Å². The van der Waals surface area contributed by atoms with Gasteiger partial charge in [0.15, 0.2) is 11.5 Å². The monoisotopic (exact) mass is 310 g/mol. The topological polar surface area (TPSA) is 82.3 Å². The fourth-order valence-electron chi connectivity index (χ4n) is 2.30. The van der Waals surface area contributed by atoms with Crippen LogP contribution in [0.5, 0.6) is 11.5 Å². The van der Waals surface area contributed by atoms with Crippen LogP contribution in [0.25, 0.3) is 11.0 Å². The van der Waals surface area contributed by atoms with Crippen LogP contribution in [-0.4, -0.2) is 24.2 Å². The van der Waals surface area contributed by atoms with Crippen LogP contribution in [0.3, 0.4) is 0 Å². The number of nitrogens with zero attached hydrogens (tertiary/aromatic N) is 2. The standard InChI is InChI=1S/C17H18N4O2/c1-22-15-6-3-11(7-16(15)23-2)9-20-17-10-19-13-5-4-12(18)8-14(13)21-17/h3-8,10H,9,18H2,1-2H3,(H,20,21). The van der Waals surface area contributed by atoms with Gasteiger partial charge in [-0.25, -0.2) is 4.98 Å². The minimum absolute atomic E-state index is 0.600. The molecule has 0 atom stereocenters. The number of nitrogens with one attached hydrogen (secondary N) is 1. The Morgan fingerprint density at radius 3 is 2.61 bits per heavy atom. The lowest BCUT2D eigenvalue weighted by atomic mass is 10.2. The van der Waals surface area contributed by atoms with Crippen molar-refractivity contribution in [3.63, 3.8) is 0 Å². The molecule has 0 fully saturated rings. The molecule has 0 bridgehead atoms.